The number of benzene rings is 2. The lowest BCUT2D eigenvalue weighted by atomic mass is 10.0. The molecule has 3 aromatic rings. The van der Waals surface area contributed by atoms with Gasteiger partial charge in [0.2, 0.25) is 0 Å². The lowest BCUT2D eigenvalue weighted by molar-refractivity contribution is -0.130. The molecule has 0 saturated carbocycles. The fourth-order valence-electron chi connectivity index (χ4n) is 4.05. The van der Waals surface area contributed by atoms with E-state index in [0.717, 1.165) is 8.47 Å². The summed E-state index contributed by atoms with van der Waals surface area (Å²) in [5.74, 6) is -0.167. The van der Waals surface area contributed by atoms with Crippen LogP contribution in [-0.2, 0) is 4.79 Å². The number of hydrogen-bond acceptors (Lipinski definition) is 6. The molecule has 2 unspecified atom stereocenters. The minimum atomic E-state index is -0.994. The molecule has 0 radical (unpaired) electrons. The number of halogens is 2. The van der Waals surface area contributed by atoms with Gasteiger partial charge in [-0.25, -0.2) is 14.2 Å². The van der Waals surface area contributed by atoms with Gasteiger partial charge in [-0.05, 0) is 64.4 Å². The summed E-state index contributed by atoms with van der Waals surface area (Å²) in [5, 5.41) is 21.0. The van der Waals surface area contributed by atoms with Gasteiger partial charge in [0.15, 0.2) is 0 Å². The molecule has 4 rings (SSSR count). The first-order chi connectivity index (χ1) is 17.2. The van der Waals surface area contributed by atoms with Crippen LogP contribution in [0.25, 0.3) is 11.3 Å². The van der Waals surface area contributed by atoms with E-state index in [9.17, 15) is 19.1 Å². The second-order valence-electron chi connectivity index (χ2n) is 8.80. The monoisotopic (exact) mass is 608 g/mol. The molecule has 1 aromatic heterocycles. The van der Waals surface area contributed by atoms with E-state index in [0.29, 0.717) is 28.4 Å². The predicted molar refractivity (Wildman–Crippen MR) is 137 cm³/mol. The molecule has 1 saturated heterocycles. The largest absolute Gasteiger partial charge is 0.491 e. The van der Waals surface area contributed by atoms with E-state index in [1.807, 2.05) is 36.4 Å². The van der Waals surface area contributed by atoms with Crippen LogP contribution in [-0.4, -0.2) is 56.3 Å². The third-order valence-corrected chi connectivity index (χ3v) is 6.52. The number of amides is 3. The van der Waals surface area contributed by atoms with Gasteiger partial charge in [-0.2, -0.15) is 0 Å². The molecule has 9 nitrogen and oxygen atoms in total. The Bertz CT molecular complexity index is 1250. The van der Waals surface area contributed by atoms with Gasteiger partial charge in [-0.3, -0.25) is 9.69 Å². The van der Waals surface area contributed by atoms with E-state index in [1.54, 1.807) is 36.4 Å². The van der Waals surface area contributed by atoms with Crippen molar-refractivity contribution in [1.82, 2.24) is 20.2 Å². The van der Waals surface area contributed by atoms with Crippen molar-refractivity contribution in [3.8, 4) is 17.0 Å². The molecule has 4 N–H and O–H groups in total. The summed E-state index contributed by atoms with van der Waals surface area (Å²) in [6.45, 7) is 3.26. The summed E-state index contributed by atoms with van der Waals surface area (Å²) in [6, 6.07) is 9.28. The standard InChI is InChI=1S/C25H26FIN4O5/c1-13(2)22(23-28-10-20(29-23)18-8-5-15(27)9-19(18)26)31-24(34)21(30-25(31)35)14-3-6-17(7-4-14)36-12-16(33)11-32/h3-10,13,16,21-22,32-33H,11-12H2,1-2H3,(H,28,29)(H,30,35)/t16?,21?,22-/m0/s1. The second-order valence-corrected chi connectivity index (χ2v) is 10.0. The highest BCUT2D eigenvalue weighted by molar-refractivity contribution is 14.1. The van der Waals surface area contributed by atoms with Crippen molar-refractivity contribution in [2.24, 2.45) is 5.92 Å². The maximum Gasteiger partial charge on any atom is 0.325 e. The molecule has 0 aliphatic carbocycles. The molecule has 36 heavy (non-hydrogen) atoms. The Morgan fingerprint density at radius 1 is 1.19 bits per heavy atom. The Morgan fingerprint density at radius 2 is 1.92 bits per heavy atom. The fourth-order valence-corrected chi connectivity index (χ4v) is 4.51. The van der Waals surface area contributed by atoms with Gasteiger partial charge in [0.1, 0.15) is 42.2 Å². The molecule has 11 heteroatoms. The molecular formula is C25H26FIN4O5. The van der Waals surface area contributed by atoms with Gasteiger partial charge in [0.05, 0.1) is 18.5 Å². The van der Waals surface area contributed by atoms with E-state index in [4.69, 9.17) is 9.84 Å². The number of ether oxygens (including phenoxy) is 1. The highest BCUT2D eigenvalue weighted by atomic mass is 127. The molecular weight excluding hydrogens is 582 g/mol. The number of imidazole rings is 1. The number of urea groups is 1. The van der Waals surface area contributed by atoms with Crippen molar-refractivity contribution >= 4 is 34.5 Å². The normalized spacial score (nSPS) is 17.4. The number of hydrogen-bond donors (Lipinski definition) is 4. The molecule has 1 aliphatic heterocycles. The van der Waals surface area contributed by atoms with Crippen LogP contribution >= 0.6 is 22.6 Å². The minimum Gasteiger partial charge on any atom is -0.491 e. The number of aromatic nitrogens is 2. The number of carbonyl (C=O) groups is 2. The molecule has 0 bridgehead atoms. The average molecular weight is 608 g/mol. The molecule has 3 amide bonds. The number of aliphatic hydroxyl groups is 2. The Kier molecular flexibility index (Phi) is 7.91. The van der Waals surface area contributed by atoms with Crippen LogP contribution in [0.1, 0.15) is 37.3 Å². The Hall–Kier alpha value is -3.03. The quantitative estimate of drug-likeness (QED) is 0.218. The van der Waals surface area contributed by atoms with Gasteiger partial charge < -0.3 is 25.3 Å². The summed E-state index contributed by atoms with van der Waals surface area (Å²) in [6.07, 6.45) is 0.504. The molecule has 1 aliphatic rings. The number of nitrogens with zero attached hydrogens (tertiary/aromatic N) is 2. The summed E-state index contributed by atoms with van der Waals surface area (Å²) in [7, 11) is 0. The number of nitrogens with one attached hydrogen (secondary N) is 2. The van der Waals surface area contributed by atoms with E-state index in [2.05, 4.69) is 15.3 Å². The molecule has 190 valence electrons. The number of imide groups is 1. The van der Waals surface area contributed by atoms with Gasteiger partial charge in [0, 0.05) is 9.13 Å². The van der Waals surface area contributed by atoms with Crippen molar-refractivity contribution in [3.63, 3.8) is 0 Å². The van der Waals surface area contributed by atoms with Crippen LogP contribution in [0.5, 0.6) is 5.75 Å². The second kappa shape index (κ2) is 10.9. The molecule has 2 aromatic carbocycles. The van der Waals surface area contributed by atoms with Gasteiger partial charge in [-0.1, -0.05) is 26.0 Å². The topological polar surface area (TPSA) is 128 Å². The fraction of sp³-hybridized carbons (Fsp3) is 0.320. The van der Waals surface area contributed by atoms with Gasteiger partial charge in [-0.15, -0.1) is 0 Å². The van der Waals surface area contributed by atoms with E-state index in [1.165, 1.54) is 12.3 Å². The Labute approximate surface area is 220 Å². The van der Waals surface area contributed by atoms with Crippen LogP contribution in [0, 0.1) is 15.3 Å². The number of aliphatic hydroxyl groups excluding tert-OH is 2. The highest BCUT2D eigenvalue weighted by Crippen LogP contribution is 2.35. The smallest absolute Gasteiger partial charge is 0.325 e. The maximum absolute atomic E-state index is 14.5. The molecule has 3 atom stereocenters. The van der Waals surface area contributed by atoms with Crippen molar-refractivity contribution in [3.05, 3.63) is 69.4 Å². The van der Waals surface area contributed by atoms with E-state index in [-0.39, 0.29) is 12.5 Å². The predicted octanol–water partition coefficient (Wildman–Crippen LogP) is 3.54. The van der Waals surface area contributed by atoms with Crippen LogP contribution in [0.2, 0.25) is 0 Å². The minimum absolute atomic E-state index is 0.0734. The summed E-state index contributed by atoms with van der Waals surface area (Å²) in [5.41, 5.74) is 1.37. The number of rotatable bonds is 9. The van der Waals surface area contributed by atoms with Crippen molar-refractivity contribution in [2.75, 3.05) is 13.2 Å². The number of aromatic amines is 1. The molecule has 1 fully saturated rings. The van der Waals surface area contributed by atoms with Crippen LogP contribution in [0.15, 0.2) is 48.7 Å². The number of carbonyl (C=O) groups excluding carboxylic acids is 2. The number of H-pyrrole nitrogens is 1. The summed E-state index contributed by atoms with van der Waals surface area (Å²) in [4.78, 5) is 35.0. The lowest BCUT2D eigenvalue weighted by Gasteiger charge is -2.27. The molecule has 0 spiro atoms. The first-order valence-corrected chi connectivity index (χ1v) is 12.4. The third-order valence-electron chi connectivity index (χ3n) is 5.84. The van der Waals surface area contributed by atoms with Crippen LogP contribution in [0.3, 0.4) is 0 Å². The average Bonchev–Trinajstić information content (AvgIpc) is 3.43. The van der Waals surface area contributed by atoms with Crippen molar-refractivity contribution in [1.29, 1.82) is 0 Å². The third kappa shape index (κ3) is 5.37. The van der Waals surface area contributed by atoms with Gasteiger partial charge in [0.25, 0.3) is 5.91 Å². The zero-order chi connectivity index (χ0) is 26.0. The first-order valence-electron chi connectivity index (χ1n) is 11.3. The maximum atomic E-state index is 14.5. The zero-order valence-electron chi connectivity index (χ0n) is 19.6. The zero-order valence-corrected chi connectivity index (χ0v) is 21.8. The van der Waals surface area contributed by atoms with Crippen LogP contribution in [0.4, 0.5) is 9.18 Å². The molecule has 2 heterocycles. The first kappa shape index (κ1) is 26.0. The summed E-state index contributed by atoms with van der Waals surface area (Å²) >= 11 is 2.03. The summed E-state index contributed by atoms with van der Waals surface area (Å²) < 4.78 is 20.6. The van der Waals surface area contributed by atoms with E-state index < -0.39 is 42.6 Å². The lowest BCUT2D eigenvalue weighted by Crippen LogP contribution is -2.38. The SMILES string of the molecule is CC(C)[C@@H](c1ncc(-c2ccc(I)cc2F)[nH]1)N1C(=O)NC(c2ccc(OCC(O)CO)cc2)C1=O. The van der Waals surface area contributed by atoms with Gasteiger partial charge >= 0.3 is 6.03 Å². The Balaban J connectivity index is 1.55. The van der Waals surface area contributed by atoms with Crippen molar-refractivity contribution < 1.29 is 28.9 Å². The van der Waals surface area contributed by atoms with E-state index >= 15 is 0 Å². The van der Waals surface area contributed by atoms with Crippen LogP contribution < -0.4 is 10.1 Å². The Morgan fingerprint density at radius 3 is 2.56 bits per heavy atom. The highest BCUT2D eigenvalue weighted by Gasteiger charge is 2.45. The van der Waals surface area contributed by atoms with Crippen molar-refractivity contribution in [2.45, 2.75) is 32.0 Å².